The molecule has 0 fully saturated rings. The molecule has 0 unspecified atom stereocenters. The molecule has 65 valence electrons. The third kappa shape index (κ3) is 6.24. The van der Waals surface area contributed by atoms with Crippen LogP contribution in [0.3, 0.4) is 0 Å². The Labute approximate surface area is 106 Å². The molecule has 0 aromatic carbocycles. The van der Waals surface area contributed by atoms with Crippen molar-refractivity contribution in [3.63, 3.8) is 0 Å². The van der Waals surface area contributed by atoms with Gasteiger partial charge in [-0.1, -0.05) is 0 Å². The summed E-state index contributed by atoms with van der Waals surface area (Å²) in [6.45, 7) is 0. The van der Waals surface area contributed by atoms with Crippen LogP contribution in [-0.4, -0.2) is 82.1 Å². The summed E-state index contributed by atoms with van der Waals surface area (Å²) in [5.74, 6) is 0.944. The van der Waals surface area contributed by atoms with Crippen LogP contribution in [0.15, 0.2) is 12.3 Å². The number of nitrogens with one attached hydrogen (secondary N) is 2. The standard InChI is InChI=1S/C4H7N3.B9/c1-5-4-2-3-6-7-4;1-6-9(7(2)3)8(4)5/h2-3H,1H3,(H2,5,6,7);. The number of anilines is 1. The summed E-state index contributed by atoms with van der Waals surface area (Å²) in [5.41, 5.74) is 0. The second kappa shape index (κ2) is 8.71. The molecule has 0 aliphatic carbocycles. The first-order valence-corrected chi connectivity index (χ1v) is 4.77. The smallest absolute Gasteiger partial charge is 0.121 e. The summed E-state index contributed by atoms with van der Waals surface area (Å²) in [6.07, 6.45) is 0.237. The lowest BCUT2D eigenvalue weighted by Crippen LogP contribution is -2.55. The van der Waals surface area contributed by atoms with Crippen LogP contribution in [0.2, 0.25) is 0 Å². The zero-order valence-corrected chi connectivity index (χ0v) is 9.30. The maximum atomic E-state index is 5.25. The van der Waals surface area contributed by atoms with Crippen LogP contribution in [-0.2, 0) is 0 Å². The maximum Gasteiger partial charge on any atom is 0.121 e. The third-order valence-electron chi connectivity index (χ3n) is 1.88. The number of H-pyrrole nitrogens is 1. The molecule has 0 atom stereocenters. The van der Waals surface area contributed by atoms with E-state index in [1.165, 1.54) is 7.06 Å². The Kier molecular flexibility index (Phi) is 8.49. The van der Waals surface area contributed by atoms with Crippen LogP contribution in [0.25, 0.3) is 0 Å². The molecule has 1 rings (SSSR count). The van der Waals surface area contributed by atoms with Crippen molar-refractivity contribution in [2.45, 2.75) is 0 Å². The molecule has 0 amide bonds. The Morgan fingerprint density at radius 3 is 2.00 bits per heavy atom. The molecule has 1 aromatic rings. The Morgan fingerprint density at radius 2 is 1.88 bits per heavy atom. The van der Waals surface area contributed by atoms with E-state index in [0.717, 1.165) is 5.82 Å². The van der Waals surface area contributed by atoms with E-state index in [0.29, 0.717) is 0 Å². The van der Waals surface area contributed by atoms with E-state index in [1.807, 2.05) is 13.1 Å². The number of hydrogen-bond acceptors (Lipinski definition) is 2. The molecule has 1 aromatic heterocycles. The summed E-state index contributed by atoms with van der Waals surface area (Å²) in [4.78, 5) is 0. The fourth-order valence-corrected chi connectivity index (χ4v) is 0.908. The van der Waals surface area contributed by atoms with E-state index in [-0.39, 0.29) is 6.39 Å². The highest BCUT2D eigenvalue weighted by Crippen LogP contribution is 1.93. The lowest BCUT2D eigenvalue weighted by atomic mass is 8.64. The number of nitrogens with zero attached hydrogens (tertiary/aromatic N) is 1. The van der Waals surface area contributed by atoms with Crippen LogP contribution in [0.1, 0.15) is 0 Å². The fourth-order valence-electron chi connectivity index (χ4n) is 0.908. The van der Waals surface area contributed by atoms with Gasteiger partial charge in [-0.3, -0.25) is 5.10 Å². The number of aromatic nitrogens is 2. The van der Waals surface area contributed by atoms with E-state index in [9.17, 15) is 0 Å². The average molecular weight is 194 g/mol. The normalized spacial score (nSPS) is 8.31. The summed E-state index contributed by atoms with van der Waals surface area (Å²) in [5, 5.41) is 9.32. The zero-order chi connectivity index (χ0) is 12.6. The minimum atomic E-state index is -0.574. The van der Waals surface area contributed by atoms with Crippen LogP contribution >= 0.6 is 0 Å². The van der Waals surface area contributed by atoms with Gasteiger partial charge in [-0.15, -0.1) is 0 Å². The van der Waals surface area contributed by atoms with Gasteiger partial charge >= 0.3 is 0 Å². The highest BCUT2D eigenvalue weighted by molar-refractivity contribution is 7.93. The van der Waals surface area contributed by atoms with E-state index < -0.39 is 12.8 Å². The Balaban J connectivity index is 0.000000288. The lowest BCUT2D eigenvalue weighted by Gasteiger charge is -2.17. The first kappa shape index (κ1) is 15.6. The molecule has 0 aliphatic rings. The lowest BCUT2D eigenvalue weighted by molar-refractivity contribution is 1.09. The molecule has 2 N–H and O–H groups in total. The number of aromatic amines is 1. The van der Waals surface area contributed by atoms with Gasteiger partial charge in [0.25, 0.3) is 0 Å². The van der Waals surface area contributed by atoms with Crippen molar-refractivity contribution in [2.75, 3.05) is 12.4 Å². The summed E-state index contributed by atoms with van der Waals surface area (Å²) in [7, 11) is 29.3. The second-order valence-electron chi connectivity index (χ2n) is 3.14. The minimum absolute atomic E-state index is 0.315. The molecular formula is C4H7B9N3. The van der Waals surface area contributed by atoms with E-state index >= 15 is 0 Å². The van der Waals surface area contributed by atoms with Crippen LogP contribution in [0, 0.1) is 0 Å². The van der Waals surface area contributed by atoms with Crippen molar-refractivity contribution in [1.29, 1.82) is 0 Å². The van der Waals surface area contributed by atoms with Gasteiger partial charge in [-0.05, 0) is 6.07 Å². The van der Waals surface area contributed by atoms with Crippen molar-refractivity contribution >= 4 is 70.7 Å². The molecule has 11 radical (unpaired) electrons. The first-order valence-electron chi connectivity index (χ1n) is 4.77. The van der Waals surface area contributed by atoms with Gasteiger partial charge in [-0.2, -0.15) is 5.10 Å². The Hall–Kier alpha value is -0.406. The van der Waals surface area contributed by atoms with Crippen molar-refractivity contribution in [3.8, 4) is 0 Å². The van der Waals surface area contributed by atoms with E-state index in [1.54, 1.807) is 6.20 Å². The van der Waals surface area contributed by atoms with E-state index in [2.05, 4.69) is 15.5 Å². The largest absolute Gasteiger partial charge is 0.374 e. The van der Waals surface area contributed by atoms with Crippen LogP contribution in [0.5, 0.6) is 0 Å². The van der Waals surface area contributed by atoms with Crippen molar-refractivity contribution < 1.29 is 0 Å². The van der Waals surface area contributed by atoms with Crippen molar-refractivity contribution in [2.24, 2.45) is 0 Å². The highest BCUT2D eigenvalue weighted by atomic mass is 15.2. The average Bonchev–Trinajstić information content (AvgIpc) is 2.70. The maximum absolute atomic E-state index is 5.25. The van der Waals surface area contributed by atoms with Crippen LogP contribution < -0.4 is 5.32 Å². The van der Waals surface area contributed by atoms with Crippen molar-refractivity contribution in [1.82, 2.24) is 10.2 Å². The fraction of sp³-hybridized carbons (Fsp3) is 0.250. The molecule has 0 aliphatic heterocycles. The topological polar surface area (TPSA) is 40.7 Å². The molecule has 12 heteroatoms. The zero-order valence-electron chi connectivity index (χ0n) is 9.30. The quantitative estimate of drug-likeness (QED) is 0.503. The molecule has 0 bridgehead atoms. The molecule has 3 nitrogen and oxygen atoms in total. The minimum Gasteiger partial charge on any atom is -0.374 e. The van der Waals surface area contributed by atoms with Crippen LogP contribution in [0.4, 0.5) is 5.82 Å². The van der Waals surface area contributed by atoms with Gasteiger partial charge in [0, 0.05) is 71.9 Å². The Morgan fingerprint density at radius 1 is 1.31 bits per heavy atom. The van der Waals surface area contributed by atoms with Gasteiger partial charge in [0.05, 0.1) is 6.20 Å². The van der Waals surface area contributed by atoms with Crippen molar-refractivity contribution in [3.05, 3.63) is 12.3 Å². The number of hydrogen-bond donors (Lipinski definition) is 2. The van der Waals surface area contributed by atoms with Gasteiger partial charge in [0.1, 0.15) is 5.82 Å². The Bertz CT molecular complexity index is 243. The predicted octanol–water partition coefficient (Wildman–Crippen LogP) is -2.98. The van der Waals surface area contributed by atoms with Gasteiger partial charge in [0.2, 0.25) is 0 Å². The molecule has 0 saturated carbocycles. The molecular weight excluding hydrogens is 187 g/mol. The third-order valence-corrected chi connectivity index (χ3v) is 1.88. The monoisotopic (exact) mass is 196 g/mol. The number of rotatable bonds is 4. The molecule has 1 heterocycles. The predicted molar refractivity (Wildman–Crippen MR) is 79.9 cm³/mol. The summed E-state index contributed by atoms with van der Waals surface area (Å²) >= 11 is 0. The van der Waals surface area contributed by atoms with Gasteiger partial charge in [-0.25, -0.2) is 0 Å². The highest BCUT2D eigenvalue weighted by Gasteiger charge is 2.18. The molecule has 0 saturated heterocycles. The second-order valence-corrected chi connectivity index (χ2v) is 3.14. The molecule has 0 spiro atoms. The first-order chi connectivity index (χ1) is 7.52. The van der Waals surface area contributed by atoms with E-state index in [4.69, 9.17) is 38.7 Å². The van der Waals surface area contributed by atoms with Gasteiger partial charge in [0.15, 0.2) is 0 Å². The summed E-state index contributed by atoms with van der Waals surface area (Å²) in [6, 6.07) is 1.86. The summed E-state index contributed by atoms with van der Waals surface area (Å²) < 4.78 is 0. The molecule has 16 heavy (non-hydrogen) atoms. The van der Waals surface area contributed by atoms with Gasteiger partial charge < -0.3 is 5.32 Å². The SMILES string of the molecule is CNc1ccn[nH]1.[B][B]B(B([B])[B])B([B])[B].